The van der Waals surface area contributed by atoms with Crippen molar-refractivity contribution in [1.29, 1.82) is 0 Å². The Balaban J connectivity index is 1.73. The Morgan fingerprint density at radius 2 is 1.83 bits per heavy atom. The van der Waals surface area contributed by atoms with Gasteiger partial charge < -0.3 is 20.1 Å². The van der Waals surface area contributed by atoms with Gasteiger partial charge in [-0.25, -0.2) is 4.79 Å². The molecule has 23 heavy (non-hydrogen) atoms. The van der Waals surface area contributed by atoms with Crippen molar-refractivity contribution in [3.63, 3.8) is 0 Å². The quantitative estimate of drug-likeness (QED) is 0.789. The molecular weight excluding hydrogens is 316 g/mol. The van der Waals surface area contributed by atoms with Crippen LogP contribution in [0.15, 0.2) is 42.5 Å². The van der Waals surface area contributed by atoms with Crippen molar-refractivity contribution in [2.45, 2.75) is 6.92 Å². The number of anilines is 1. The summed E-state index contributed by atoms with van der Waals surface area (Å²) in [5, 5.41) is 6.10. The molecule has 0 bridgehead atoms. The van der Waals surface area contributed by atoms with Crippen LogP contribution in [0, 0.1) is 6.92 Å². The van der Waals surface area contributed by atoms with Crippen molar-refractivity contribution in [2.75, 3.05) is 25.6 Å². The van der Waals surface area contributed by atoms with Gasteiger partial charge in [-0.15, -0.1) is 0 Å². The zero-order chi connectivity index (χ0) is 16.7. The molecule has 0 saturated carbocycles. The van der Waals surface area contributed by atoms with Crippen LogP contribution in [0.3, 0.4) is 0 Å². The second-order valence-electron chi connectivity index (χ2n) is 4.82. The van der Waals surface area contributed by atoms with Crippen LogP contribution in [0.1, 0.15) is 5.56 Å². The molecule has 0 saturated heterocycles. The van der Waals surface area contributed by atoms with Crippen LogP contribution in [0.4, 0.5) is 10.5 Å². The standard InChI is InChI=1S/C17H19ClN2O3/c1-12-15(18)4-3-5-16(12)20-17(21)19-10-11-23-14-8-6-13(22-2)7-9-14/h3-9H,10-11H2,1-2H3,(H2,19,20,21). The van der Waals surface area contributed by atoms with Gasteiger partial charge in [0, 0.05) is 10.7 Å². The minimum absolute atomic E-state index is 0.298. The summed E-state index contributed by atoms with van der Waals surface area (Å²) < 4.78 is 10.6. The predicted molar refractivity (Wildman–Crippen MR) is 91.7 cm³/mol. The van der Waals surface area contributed by atoms with Gasteiger partial charge in [-0.1, -0.05) is 17.7 Å². The van der Waals surface area contributed by atoms with Crippen molar-refractivity contribution in [1.82, 2.24) is 5.32 Å². The smallest absolute Gasteiger partial charge is 0.319 e. The van der Waals surface area contributed by atoms with E-state index in [9.17, 15) is 4.79 Å². The van der Waals surface area contributed by atoms with Gasteiger partial charge in [0.05, 0.1) is 13.7 Å². The Morgan fingerprint density at radius 1 is 1.13 bits per heavy atom. The highest BCUT2D eigenvalue weighted by Gasteiger charge is 2.06. The lowest BCUT2D eigenvalue weighted by molar-refractivity contribution is 0.247. The summed E-state index contributed by atoms with van der Waals surface area (Å²) in [6, 6.07) is 12.3. The number of hydrogen-bond donors (Lipinski definition) is 2. The molecule has 5 nitrogen and oxygen atoms in total. The Hall–Kier alpha value is -2.40. The molecule has 0 aliphatic rings. The van der Waals surface area contributed by atoms with E-state index in [4.69, 9.17) is 21.1 Å². The molecule has 0 aliphatic carbocycles. The predicted octanol–water partition coefficient (Wildman–Crippen LogP) is 3.86. The number of ether oxygens (including phenoxy) is 2. The van der Waals surface area contributed by atoms with E-state index >= 15 is 0 Å². The molecule has 2 rings (SSSR count). The van der Waals surface area contributed by atoms with Gasteiger partial charge in [0.2, 0.25) is 0 Å². The molecule has 2 amide bonds. The number of benzene rings is 2. The van der Waals surface area contributed by atoms with Crippen molar-refractivity contribution in [3.8, 4) is 11.5 Å². The molecule has 2 aromatic rings. The summed E-state index contributed by atoms with van der Waals surface area (Å²) in [4.78, 5) is 11.8. The van der Waals surface area contributed by atoms with Crippen LogP contribution >= 0.6 is 11.6 Å². The fraction of sp³-hybridized carbons (Fsp3) is 0.235. The molecule has 6 heteroatoms. The average Bonchev–Trinajstić information content (AvgIpc) is 2.56. The van der Waals surface area contributed by atoms with E-state index in [1.807, 2.05) is 31.2 Å². The van der Waals surface area contributed by atoms with Crippen molar-refractivity contribution in [3.05, 3.63) is 53.1 Å². The molecule has 0 aliphatic heterocycles. The largest absolute Gasteiger partial charge is 0.497 e. The first kappa shape index (κ1) is 17.0. The molecule has 0 radical (unpaired) electrons. The SMILES string of the molecule is COc1ccc(OCCNC(=O)Nc2cccc(Cl)c2C)cc1. The lowest BCUT2D eigenvalue weighted by Gasteiger charge is -2.11. The maximum absolute atomic E-state index is 11.8. The van der Waals surface area contributed by atoms with Crippen LogP contribution in [-0.2, 0) is 0 Å². The normalized spacial score (nSPS) is 10.0. The van der Waals surface area contributed by atoms with Crippen LogP contribution in [-0.4, -0.2) is 26.3 Å². The molecule has 0 aromatic heterocycles. The lowest BCUT2D eigenvalue weighted by Crippen LogP contribution is -2.32. The molecule has 2 aromatic carbocycles. The van der Waals surface area contributed by atoms with E-state index in [0.717, 1.165) is 17.1 Å². The monoisotopic (exact) mass is 334 g/mol. The van der Waals surface area contributed by atoms with Crippen molar-refractivity contribution >= 4 is 23.3 Å². The Morgan fingerprint density at radius 3 is 2.52 bits per heavy atom. The average molecular weight is 335 g/mol. The van der Waals surface area contributed by atoms with Crippen molar-refractivity contribution in [2.24, 2.45) is 0 Å². The van der Waals surface area contributed by atoms with Crippen LogP contribution in [0.25, 0.3) is 0 Å². The third-order valence-electron chi connectivity index (χ3n) is 3.23. The van der Waals surface area contributed by atoms with E-state index in [1.54, 1.807) is 25.3 Å². The van der Waals surface area contributed by atoms with Gasteiger partial charge in [0.15, 0.2) is 0 Å². The number of nitrogens with one attached hydrogen (secondary N) is 2. The second-order valence-corrected chi connectivity index (χ2v) is 5.22. The summed E-state index contributed by atoms with van der Waals surface area (Å²) >= 11 is 6.01. The maximum Gasteiger partial charge on any atom is 0.319 e. The van der Waals surface area contributed by atoms with Gasteiger partial charge in [0.1, 0.15) is 18.1 Å². The zero-order valence-corrected chi connectivity index (χ0v) is 13.8. The number of carbonyl (C=O) groups excluding carboxylic acids is 1. The molecule has 0 fully saturated rings. The number of methoxy groups -OCH3 is 1. The molecule has 0 atom stereocenters. The number of carbonyl (C=O) groups is 1. The summed E-state index contributed by atoms with van der Waals surface area (Å²) in [6.07, 6.45) is 0. The minimum atomic E-state index is -0.298. The van der Waals surface area contributed by atoms with Gasteiger partial charge >= 0.3 is 6.03 Å². The Bertz CT molecular complexity index is 659. The van der Waals surface area contributed by atoms with Gasteiger partial charge in [-0.3, -0.25) is 0 Å². The molecule has 122 valence electrons. The summed E-state index contributed by atoms with van der Waals surface area (Å²) in [6.45, 7) is 2.61. The number of hydrogen-bond acceptors (Lipinski definition) is 3. The topological polar surface area (TPSA) is 59.6 Å². The highest BCUT2D eigenvalue weighted by atomic mass is 35.5. The maximum atomic E-state index is 11.8. The summed E-state index contributed by atoms with van der Waals surface area (Å²) in [5.41, 5.74) is 1.52. The van der Waals surface area contributed by atoms with E-state index < -0.39 is 0 Å². The van der Waals surface area contributed by atoms with E-state index in [1.165, 1.54) is 0 Å². The first-order valence-corrected chi connectivity index (χ1v) is 7.55. The molecule has 0 heterocycles. The molecule has 2 N–H and O–H groups in total. The Kier molecular flexibility index (Phi) is 6.11. The summed E-state index contributed by atoms with van der Waals surface area (Å²) in [7, 11) is 1.61. The van der Waals surface area contributed by atoms with Crippen LogP contribution in [0.5, 0.6) is 11.5 Å². The molecule has 0 spiro atoms. The first-order valence-electron chi connectivity index (χ1n) is 7.17. The van der Waals surface area contributed by atoms with E-state index in [2.05, 4.69) is 10.6 Å². The van der Waals surface area contributed by atoms with Crippen LogP contribution in [0.2, 0.25) is 5.02 Å². The van der Waals surface area contributed by atoms with Gasteiger partial charge in [0.25, 0.3) is 0 Å². The van der Waals surface area contributed by atoms with Gasteiger partial charge in [-0.05, 0) is 48.9 Å². The highest BCUT2D eigenvalue weighted by Crippen LogP contribution is 2.22. The lowest BCUT2D eigenvalue weighted by atomic mass is 10.2. The third kappa shape index (κ3) is 5.07. The fourth-order valence-electron chi connectivity index (χ4n) is 1.91. The molecular formula is C17H19ClN2O3. The number of rotatable bonds is 6. The van der Waals surface area contributed by atoms with Crippen molar-refractivity contribution < 1.29 is 14.3 Å². The zero-order valence-electron chi connectivity index (χ0n) is 13.1. The van der Waals surface area contributed by atoms with Gasteiger partial charge in [-0.2, -0.15) is 0 Å². The number of amides is 2. The third-order valence-corrected chi connectivity index (χ3v) is 3.64. The van der Waals surface area contributed by atoms with E-state index in [0.29, 0.717) is 23.9 Å². The second kappa shape index (κ2) is 8.29. The summed E-state index contributed by atoms with van der Waals surface area (Å²) in [5.74, 6) is 1.49. The molecule has 0 unspecified atom stereocenters. The number of urea groups is 1. The fourth-order valence-corrected chi connectivity index (χ4v) is 2.09. The Labute approximate surface area is 140 Å². The minimum Gasteiger partial charge on any atom is -0.497 e. The first-order chi connectivity index (χ1) is 11.1. The number of halogens is 1. The van der Waals surface area contributed by atoms with E-state index in [-0.39, 0.29) is 6.03 Å². The highest BCUT2D eigenvalue weighted by molar-refractivity contribution is 6.31. The van der Waals surface area contributed by atoms with Crippen LogP contribution < -0.4 is 20.1 Å².